The molecule has 198 valence electrons. The molecule has 9 nitrogen and oxygen atoms in total. The molecule has 1 aromatic carbocycles. The molecule has 3 aliphatic heterocycles. The van der Waals surface area contributed by atoms with Crippen molar-refractivity contribution in [2.75, 3.05) is 13.1 Å². The zero-order chi connectivity index (χ0) is 26.8. The first-order valence-corrected chi connectivity index (χ1v) is 13.3. The van der Waals surface area contributed by atoms with E-state index in [-0.39, 0.29) is 24.7 Å². The maximum absolute atomic E-state index is 13.5. The summed E-state index contributed by atoms with van der Waals surface area (Å²) < 4.78 is 12.5. The van der Waals surface area contributed by atoms with Crippen LogP contribution in [0.4, 0.5) is 4.79 Å². The number of amides is 1. The normalized spacial score (nSPS) is 20.6. The predicted molar refractivity (Wildman–Crippen MR) is 140 cm³/mol. The van der Waals surface area contributed by atoms with Crippen molar-refractivity contribution in [1.82, 2.24) is 14.5 Å². The van der Waals surface area contributed by atoms with Crippen LogP contribution in [-0.2, 0) is 34.7 Å². The minimum Gasteiger partial charge on any atom is -0.458 e. The smallest absolute Gasteiger partial charge is 0.415 e. The lowest BCUT2D eigenvalue weighted by Gasteiger charge is -2.31. The van der Waals surface area contributed by atoms with Gasteiger partial charge in [-0.15, -0.1) is 0 Å². The predicted octanol–water partition coefficient (Wildman–Crippen LogP) is 3.87. The molecule has 0 aliphatic carbocycles. The van der Waals surface area contributed by atoms with Gasteiger partial charge >= 0.3 is 12.1 Å². The van der Waals surface area contributed by atoms with Gasteiger partial charge in [0.05, 0.1) is 29.0 Å². The number of aryl methyl sites for hydroxylation is 1. The second-order valence-corrected chi connectivity index (χ2v) is 10.6. The number of aliphatic hydroxyl groups is 1. The zero-order valence-corrected chi connectivity index (χ0v) is 21.9. The molecular formula is C29H31N3O6. The van der Waals surface area contributed by atoms with Crippen molar-refractivity contribution in [1.29, 1.82) is 0 Å². The summed E-state index contributed by atoms with van der Waals surface area (Å²) in [6.07, 6.45) is 2.39. The highest BCUT2D eigenvalue weighted by Crippen LogP contribution is 2.40. The van der Waals surface area contributed by atoms with Crippen LogP contribution in [0.15, 0.2) is 29.1 Å². The number of carbonyl (C=O) groups excluding carboxylic acids is 2. The standard InChI is InChI=1S/C29H31N3O6/c1-4-18-19-12-17(38-28(35)31-10-8-16(3)9-11-31)6-7-23(19)30-25-20(18)14-32-24(25)13-22-21(26(32)33)15-37-27(34)29(22,36)5-2/h6-7,12-13,16,36H,4-5,8-11,14-15H2,1-3H3/t29-/m1/s1. The molecule has 6 rings (SSSR count). The SMILES string of the molecule is CCc1c2c(nc3ccc(OC(=O)N4CCC(C)CC4)cc13)-c1cc3c(c(=O)n1C2)COC(=O)[C@@]3(O)CC. The lowest BCUT2D eigenvalue weighted by molar-refractivity contribution is -0.172. The summed E-state index contributed by atoms with van der Waals surface area (Å²) in [5, 5.41) is 12.0. The molecule has 3 aliphatic rings. The van der Waals surface area contributed by atoms with Gasteiger partial charge in [0.2, 0.25) is 0 Å². The fraction of sp³-hybridized carbons (Fsp3) is 0.448. The average Bonchev–Trinajstić information content (AvgIpc) is 3.28. The average molecular weight is 518 g/mol. The molecule has 0 unspecified atom stereocenters. The summed E-state index contributed by atoms with van der Waals surface area (Å²) in [6, 6.07) is 7.15. The number of carbonyl (C=O) groups is 2. The Kier molecular flexibility index (Phi) is 5.79. The van der Waals surface area contributed by atoms with Crippen LogP contribution >= 0.6 is 0 Å². The Morgan fingerprint density at radius 3 is 2.66 bits per heavy atom. The van der Waals surface area contributed by atoms with Crippen LogP contribution in [0.5, 0.6) is 5.75 Å². The van der Waals surface area contributed by atoms with Crippen LogP contribution < -0.4 is 10.3 Å². The first-order chi connectivity index (χ1) is 18.2. The molecule has 1 atom stereocenters. The molecule has 9 heteroatoms. The van der Waals surface area contributed by atoms with Crippen molar-refractivity contribution in [3.05, 3.63) is 56.9 Å². The quantitative estimate of drug-likeness (QED) is 0.411. The number of rotatable bonds is 3. The van der Waals surface area contributed by atoms with Crippen molar-refractivity contribution < 1.29 is 24.2 Å². The maximum Gasteiger partial charge on any atom is 0.415 e. The van der Waals surface area contributed by atoms with Gasteiger partial charge in [0.15, 0.2) is 5.60 Å². The highest BCUT2D eigenvalue weighted by molar-refractivity contribution is 5.90. The van der Waals surface area contributed by atoms with Crippen molar-refractivity contribution in [3.63, 3.8) is 0 Å². The highest BCUT2D eigenvalue weighted by Gasteiger charge is 2.45. The van der Waals surface area contributed by atoms with Gasteiger partial charge in [0, 0.05) is 29.6 Å². The summed E-state index contributed by atoms with van der Waals surface area (Å²) >= 11 is 0. The Morgan fingerprint density at radius 2 is 1.95 bits per heavy atom. The third kappa shape index (κ3) is 3.63. The van der Waals surface area contributed by atoms with E-state index >= 15 is 0 Å². The van der Waals surface area contributed by atoms with Crippen LogP contribution in [-0.4, -0.2) is 44.7 Å². The van der Waals surface area contributed by atoms with E-state index in [9.17, 15) is 19.5 Å². The largest absolute Gasteiger partial charge is 0.458 e. The van der Waals surface area contributed by atoms with Crippen LogP contribution in [0, 0.1) is 5.92 Å². The second-order valence-electron chi connectivity index (χ2n) is 10.6. The van der Waals surface area contributed by atoms with Gasteiger partial charge in [-0.1, -0.05) is 20.8 Å². The monoisotopic (exact) mass is 517 g/mol. The second kappa shape index (κ2) is 8.94. The molecule has 1 saturated heterocycles. The maximum atomic E-state index is 13.5. The van der Waals surface area contributed by atoms with Gasteiger partial charge in [-0.2, -0.15) is 0 Å². The van der Waals surface area contributed by atoms with Crippen LogP contribution in [0.3, 0.4) is 0 Å². The third-order valence-corrected chi connectivity index (χ3v) is 8.38. The minimum atomic E-state index is -1.86. The number of likely N-dealkylation sites (tertiary alicyclic amines) is 1. The van der Waals surface area contributed by atoms with E-state index in [1.165, 1.54) is 0 Å². The van der Waals surface area contributed by atoms with Gasteiger partial charge in [0.25, 0.3) is 5.56 Å². The van der Waals surface area contributed by atoms with Crippen molar-refractivity contribution >= 4 is 23.0 Å². The van der Waals surface area contributed by atoms with Crippen LogP contribution in [0.1, 0.15) is 62.3 Å². The van der Waals surface area contributed by atoms with Gasteiger partial charge in [-0.05, 0) is 61.4 Å². The summed E-state index contributed by atoms with van der Waals surface area (Å²) in [7, 11) is 0. The fourth-order valence-electron chi connectivity index (χ4n) is 5.96. The van der Waals surface area contributed by atoms with E-state index in [2.05, 4.69) is 6.92 Å². The molecule has 0 spiro atoms. The Balaban J connectivity index is 1.41. The molecule has 0 bridgehead atoms. The van der Waals surface area contributed by atoms with E-state index in [4.69, 9.17) is 14.5 Å². The van der Waals surface area contributed by atoms with E-state index in [0.29, 0.717) is 60.2 Å². The van der Waals surface area contributed by atoms with Crippen LogP contribution in [0.2, 0.25) is 0 Å². The molecule has 3 aromatic rings. The number of nitrogens with zero attached hydrogens (tertiary/aromatic N) is 3. The third-order valence-electron chi connectivity index (χ3n) is 8.38. The first kappa shape index (κ1) is 24.6. The van der Waals surface area contributed by atoms with Crippen molar-refractivity contribution in [3.8, 4) is 17.1 Å². The van der Waals surface area contributed by atoms with Gasteiger partial charge < -0.3 is 24.0 Å². The molecule has 0 radical (unpaired) electrons. The minimum absolute atomic E-state index is 0.0951. The number of hydrogen-bond acceptors (Lipinski definition) is 7. The lowest BCUT2D eigenvalue weighted by Crippen LogP contribution is -2.44. The molecule has 0 saturated carbocycles. The zero-order valence-electron chi connectivity index (χ0n) is 21.9. The summed E-state index contributed by atoms with van der Waals surface area (Å²) in [6.45, 7) is 7.49. The number of esters is 1. The molecular weight excluding hydrogens is 486 g/mol. The summed E-state index contributed by atoms with van der Waals surface area (Å²) in [5.74, 6) is 0.340. The lowest BCUT2D eigenvalue weighted by atomic mass is 9.86. The number of cyclic esters (lactones) is 1. The van der Waals surface area contributed by atoms with Crippen LogP contribution in [0.25, 0.3) is 22.3 Å². The van der Waals surface area contributed by atoms with E-state index < -0.39 is 11.6 Å². The Hall–Kier alpha value is -3.72. The highest BCUT2D eigenvalue weighted by atomic mass is 16.6. The number of aromatic nitrogens is 2. The van der Waals surface area contributed by atoms with E-state index in [1.807, 2.05) is 19.1 Å². The fourth-order valence-corrected chi connectivity index (χ4v) is 5.96. The topological polar surface area (TPSA) is 111 Å². The van der Waals surface area contributed by atoms with E-state index in [0.717, 1.165) is 34.9 Å². The first-order valence-electron chi connectivity index (χ1n) is 13.3. The van der Waals surface area contributed by atoms with Gasteiger partial charge in [-0.25, -0.2) is 14.6 Å². The Morgan fingerprint density at radius 1 is 1.18 bits per heavy atom. The van der Waals surface area contributed by atoms with Crippen molar-refractivity contribution in [2.45, 2.75) is 65.2 Å². The number of benzene rings is 1. The number of ether oxygens (including phenoxy) is 2. The van der Waals surface area contributed by atoms with Gasteiger partial charge in [-0.3, -0.25) is 4.79 Å². The summed E-state index contributed by atoms with van der Waals surface area (Å²) in [5.41, 5.74) is 2.36. The molecule has 1 fully saturated rings. The molecule has 5 heterocycles. The summed E-state index contributed by atoms with van der Waals surface area (Å²) in [4.78, 5) is 45.3. The van der Waals surface area contributed by atoms with E-state index in [1.54, 1.807) is 28.5 Å². The van der Waals surface area contributed by atoms with Crippen molar-refractivity contribution in [2.24, 2.45) is 5.92 Å². The van der Waals surface area contributed by atoms with Gasteiger partial charge in [0.1, 0.15) is 12.4 Å². The molecule has 38 heavy (non-hydrogen) atoms. The number of fused-ring (bicyclic) bond motifs is 5. The Bertz CT molecular complexity index is 1550. The molecule has 1 amide bonds. The molecule has 1 N–H and O–H groups in total. The Labute approximate surface area is 220 Å². The number of piperidine rings is 1. The number of pyridine rings is 2. The molecule has 2 aromatic heterocycles. The number of hydrogen-bond donors (Lipinski definition) is 1.